The minimum Gasteiger partial charge on any atom is -0.507 e. The molecule has 0 heterocycles. The molecule has 0 amide bonds. The zero-order valence-electron chi connectivity index (χ0n) is 10.3. The van der Waals surface area contributed by atoms with Gasteiger partial charge in [-0.15, -0.1) is 0 Å². The fraction of sp³-hybridized carbons (Fsp3) is 0.500. The topological polar surface area (TPSA) is 57.5 Å². The van der Waals surface area contributed by atoms with E-state index in [1.165, 1.54) is 11.1 Å². The molecular formula is C14H18O3. The molecule has 0 bridgehead atoms. The second kappa shape index (κ2) is 4.40. The monoisotopic (exact) mass is 234 g/mol. The number of fused-ring (bicyclic) bond motifs is 1. The van der Waals surface area contributed by atoms with Gasteiger partial charge in [0.2, 0.25) is 0 Å². The minimum atomic E-state index is -0.890. The number of aromatic hydroxyl groups is 1. The van der Waals surface area contributed by atoms with Gasteiger partial charge in [-0.2, -0.15) is 0 Å². The van der Waals surface area contributed by atoms with Gasteiger partial charge in [0.1, 0.15) is 5.75 Å². The highest BCUT2D eigenvalue weighted by Gasteiger charge is 2.22. The molecule has 0 atom stereocenters. The molecule has 0 aliphatic heterocycles. The van der Waals surface area contributed by atoms with Crippen LogP contribution in [0.15, 0.2) is 0 Å². The average Bonchev–Trinajstić information content (AvgIpc) is 2.31. The number of rotatable bonds is 2. The van der Waals surface area contributed by atoms with Crippen LogP contribution in [0.2, 0.25) is 0 Å². The first-order valence-corrected chi connectivity index (χ1v) is 6.07. The Morgan fingerprint density at radius 2 is 1.65 bits per heavy atom. The van der Waals surface area contributed by atoms with E-state index in [4.69, 9.17) is 5.11 Å². The summed E-state index contributed by atoms with van der Waals surface area (Å²) in [5.74, 6) is -0.705. The fourth-order valence-electron chi connectivity index (χ4n) is 2.83. The predicted octanol–water partition coefficient (Wildman–Crippen LogP) is 2.51. The summed E-state index contributed by atoms with van der Waals surface area (Å²) in [4.78, 5) is 10.8. The Labute approximate surface area is 101 Å². The number of carboxylic acids is 1. The van der Waals surface area contributed by atoms with Crippen LogP contribution in [-0.2, 0) is 24.1 Å². The first-order valence-electron chi connectivity index (χ1n) is 6.07. The Morgan fingerprint density at radius 3 is 2.18 bits per heavy atom. The SMILES string of the molecule is Cc1c(O)c(CC(=O)O)c(C)c2c1CCCC2. The van der Waals surface area contributed by atoms with Gasteiger partial charge in [-0.3, -0.25) is 4.79 Å². The van der Waals surface area contributed by atoms with Gasteiger partial charge < -0.3 is 10.2 Å². The number of phenolic OH excluding ortho intramolecular Hbond substituents is 1. The van der Waals surface area contributed by atoms with Crippen molar-refractivity contribution in [3.05, 3.63) is 27.8 Å². The van der Waals surface area contributed by atoms with Crippen LogP contribution in [0.1, 0.15) is 40.7 Å². The Morgan fingerprint density at radius 1 is 1.12 bits per heavy atom. The van der Waals surface area contributed by atoms with Crippen molar-refractivity contribution in [2.45, 2.75) is 46.0 Å². The molecule has 0 radical (unpaired) electrons. The molecule has 92 valence electrons. The van der Waals surface area contributed by atoms with Gasteiger partial charge >= 0.3 is 5.97 Å². The maximum absolute atomic E-state index is 10.8. The van der Waals surface area contributed by atoms with Gasteiger partial charge in [0.05, 0.1) is 6.42 Å². The molecular weight excluding hydrogens is 216 g/mol. The Hall–Kier alpha value is -1.51. The molecule has 2 rings (SSSR count). The second-order valence-electron chi connectivity index (χ2n) is 4.81. The van der Waals surface area contributed by atoms with Crippen LogP contribution in [0, 0.1) is 13.8 Å². The van der Waals surface area contributed by atoms with Gasteiger partial charge in [-0.1, -0.05) is 0 Å². The molecule has 2 N–H and O–H groups in total. The summed E-state index contributed by atoms with van der Waals surface area (Å²) in [5, 5.41) is 19.0. The van der Waals surface area contributed by atoms with E-state index in [0.29, 0.717) is 5.56 Å². The molecule has 17 heavy (non-hydrogen) atoms. The number of carboxylic acid groups (broad SMARTS) is 1. The van der Waals surface area contributed by atoms with E-state index in [9.17, 15) is 9.90 Å². The van der Waals surface area contributed by atoms with E-state index in [-0.39, 0.29) is 12.2 Å². The molecule has 1 aromatic rings. The van der Waals surface area contributed by atoms with E-state index in [1.54, 1.807) is 0 Å². The van der Waals surface area contributed by atoms with Gasteiger partial charge in [-0.25, -0.2) is 0 Å². The first kappa shape index (κ1) is 12.0. The summed E-state index contributed by atoms with van der Waals surface area (Å²) in [7, 11) is 0. The number of carbonyl (C=O) groups is 1. The summed E-state index contributed by atoms with van der Waals surface area (Å²) in [5.41, 5.74) is 4.95. The highest BCUT2D eigenvalue weighted by molar-refractivity contribution is 5.73. The van der Waals surface area contributed by atoms with Gasteiger partial charge in [0.15, 0.2) is 0 Å². The van der Waals surface area contributed by atoms with Gasteiger partial charge in [0, 0.05) is 5.56 Å². The van der Waals surface area contributed by atoms with Crippen LogP contribution in [0.4, 0.5) is 0 Å². The van der Waals surface area contributed by atoms with Crippen molar-refractivity contribution in [1.82, 2.24) is 0 Å². The maximum Gasteiger partial charge on any atom is 0.307 e. The number of hydrogen-bond donors (Lipinski definition) is 2. The van der Waals surface area contributed by atoms with E-state index >= 15 is 0 Å². The van der Waals surface area contributed by atoms with E-state index < -0.39 is 5.97 Å². The van der Waals surface area contributed by atoms with Crippen LogP contribution >= 0.6 is 0 Å². The van der Waals surface area contributed by atoms with Crippen molar-refractivity contribution < 1.29 is 15.0 Å². The maximum atomic E-state index is 10.8. The largest absolute Gasteiger partial charge is 0.507 e. The molecule has 0 aromatic heterocycles. The van der Waals surface area contributed by atoms with E-state index in [0.717, 1.165) is 36.8 Å². The number of aliphatic carboxylic acids is 1. The molecule has 0 saturated carbocycles. The van der Waals surface area contributed by atoms with E-state index in [2.05, 4.69) is 0 Å². The van der Waals surface area contributed by atoms with Crippen LogP contribution in [-0.4, -0.2) is 16.2 Å². The highest BCUT2D eigenvalue weighted by atomic mass is 16.4. The molecule has 0 fully saturated rings. The third-order valence-corrected chi connectivity index (χ3v) is 3.79. The smallest absolute Gasteiger partial charge is 0.307 e. The Balaban J connectivity index is 2.61. The predicted molar refractivity (Wildman–Crippen MR) is 65.6 cm³/mol. The molecule has 3 heteroatoms. The normalized spacial score (nSPS) is 14.5. The lowest BCUT2D eigenvalue weighted by Crippen LogP contribution is -2.12. The summed E-state index contributed by atoms with van der Waals surface area (Å²) in [6.07, 6.45) is 4.24. The molecule has 1 aromatic carbocycles. The standard InChI is InChI=1S/C14H18O3/c1-8-10-5-3-4-6-11(10)9(2)14(17)12(8)7-13(15)16/h17H,3-7H2,1-2H3,(H,15,16). The van der Waals surface area contributed by atoms with Crippen molar-refractivity contribution in [2.24, 2.45) is 0 Å². The molecule has 0 unspecified atom stereocenters. The molecule has 0 spiro atoms. The van der Waals surface area contributed by atoms with Gasteiger partial charge in [0.25, 0.3) is 0 Å². The lowest BCUT2D eigenvalue weighted by molar-refractivity contribution is -0.136. The lowest BCUT2D eigenvalue weighted by Gasteiger charge is -2.24. The summed E-state index contributed by atoms with van der Waals surface area (Å²) in [6, 6.07) is 0. The molecule has 1 aliphatic carbocycles. The lowest BCUT2D eigenvalue weighted by atomic mass is 9.82. The van der Waals surface area contributed by atoms with Crippen molar-refractivity contribution in [3.63, 3.8) is 0 Å². The van der Waals surface area contributed by atoms with Gasteiger partial charge in [-0.05, 0) is 61.8 Å². The summed E-state index contributed by atoms with van der Waals surface area (Å²) in [6.45, 7) is 3.83. The highest BCUT2D eigenvalue weighted by Crippen LogP contribution is 2.36. The van der Waals surface area contributed by atoms with Crippen LogP contribution in [0.5, 0.6) is 5.75 Å². The summed E-state index contributed by atoms with van der Waals surface area (Å²) < 4.78 is 0. The zero-order valence-corrected chi connectivity index (χ0v) is 10.3. The number of hydrogen-bond acceptors (Lipinski definition) is 2. The van der Waals surface area contributed by atoms with Crippen LogP contribution < -0.4 is 0 Å². The number of benzene rings is 1. The van der Waals surface area contributed by atoms with Crippen LogP contribution in [0.3, 0.4) is 0 Å². The molecule has 0 saturated heterocycles. The summed E-state index contributed by atoms with van der Waals surface area (Å²) >= 11 is 0. The quantitative estimate of drug-likeness (QED) is 0.826. The zero-order chi connectivity index (χ0) is 12.6. The third-order valence-electron chi connectivity index (χ3n) is 3.79. The minimum absolute atomic E-state index is 0.0915. The Bertz CT molecular complexity index is 475. The number of phenols is 1. The van der Waals surface area contributed by atoms with Crippen molar-refractivity contribution >= 4 is 5.97 Å². The molecule has 1 aliphatic rings. The average molecular weight is 234 g/mol. The van der Waals surface area contributed by atoms with Crippen molar-refractivity contribution in [2.75, 3.05) is 0 Å². The van der Waals surface area contributed by atoms with Crippen molar-refractivity contribution in [3.8, 4) is 5.75 Å². The fourth-order valence-corrected chi connectivity index (χ4v) is 2.83. The van der Waals surface area contributed by atoms with Crippen molar-refractivity contribution in [1.29, 1.82) is 0 Å². The van der Waals surface area contributed by atoms with Crippen LogP contribution in [0.25, 0.3) is 0 Å². The molecule has 3 nitrogen and oxygen atoms in total. The first-order chi connectivity index (χ1) is 8.02. The third kappa shape index (κ3) is 2.02. The second-order valence-corrected chi connectivity index (χ2v) is 4.81. The Kier molecular flexibility index (Phi) is 3.09. The van der Waals surface area contributed by atoms with E-state index in [1.807, 2.05) is 13.8 Å².